The molecule has 11 nitrogen and oxygen atoms in total. The average molecular weight is 524 g/mol. The Morgan fingerprint density at radius 1 is 1.14 bits per heavy atom. The van der Waals surface area contributed by atoms with Crippen molar-refractivity contribution in [3.8, 4) is 11.3 Å². The third-order valence-corrected chi connectivity index (χ3v) is 6.98. The summed E-state index contributed by atoms with van der Waals surface area (Å²) < 4.78 is 1.67. The van der Waals surface area contributed by atoms with Gasteiger partial charge in [0.05, 0.1) is 22.9 Å². The third-order valence-electron chi connectivity index (χ3n) is 5.07. The van der Waals surface area contributed by atoms with Gasteiger partial charge in [0, 0.05) is 35.2 Å². The van der Waals surface area contributed by atoms with Gasteiger partial charge in [0.25, 0.3) is 11.6 Å². The van der Waals surface area contributed by atoms with Gasteiger partial charge in [0.2, 0.25) is 5.91 Å². The smallest absolute Gasteiger partial charge is 0.270 e. The predicted octanol–water partition coefficient (Wildman–Crippen LogP) is 3.82. The van der Waals surface area contributed by atoms with E-state index in [-0.39, 0.29) is 29.5 Å². The molecule has 0 saturated heterocycles. The van der Waals surface area contributed by atoms with Gasteiger partial charge in [-0.05, 0) is 13.0 Å². The Balaban J connectivity index is 1.31. The van der Waals surface area contributed by atoms with Crippen molar-refractivity contribution in [1.29, 1.82) is 0 Å². The second kappa shape index (κ2) is 11.1. The number of aromatic nitrogens is 4. The summed E-state index contributed by atoms with van der Waals surface area (Å²) in [7, 11) is 1.73. The van der Waals surface area contributed by atoms with Crippen LogP contribution in [-0.2, 0) is 18.4 Å². The number of hydrogen-bond donors (Lipinski definition) is 2. The van der Waals surface area contributed by atoms with Gasteiger partial charge in [-0.2, -0.15) is 0 Å². The highest BCUT2D eigenvalue weighted by atomic mass is 32.2. The second-order valence-corrected chi connectivity index (χ2v) is 9.72. The number of nitro benzene ring substituents is 1. The molecular weight excluding hydrogens is 502 g/mol. The zero-order chi connectivity index (χ0) is 25.7. The zero-order valence-electron chi connectivity index (χ0n) is 19.3. The topological polar surface area (TPSA) is 145 Å². The number of carbonyl (C=O) groups is 2. The van der Waals surface area contributed by atoms with Crippen LogP contribution in [0.1, 0.15) is 21.1 Å². The van der Waals surface area contributed by atoms with Crippen LogP contribution in [0.4, 0.5) is 10.8 Å². The lowest BCUT2D eigenvalue weighted by Crippen LogP contribution is -2.24. The van der Waals surface area contributed by atoms with Gasteiger partial charge in [-0.1, -0.05) is 48.2 Å². The van der Waals surface area contributed by atoms with Crippen LogP contribution in [0.3, 0.4) is 0 Å². The molecule has 0 radical (unpaired) electrons. The molecule has 4 aromatic rings. The summed E-state index contributed by atoms with van der Waals surface area (Å²) >= 11 is 2.62. The van der Waals surface area contributed by atoms with Crippen molar-refractivity contribution in [3.05, 3.63) is 81.0 Å². The maximum absolute atomic E-state index is 12.5. The number of rotatable bonds is 9. The lowest BCUT2D eigenvalue weighted by molar-refractivity contribution is -0.384. The van der Waals surface area contributed by atoms with Gasteiger partial charge in [-0.3, -0.25) is 19.7 Å². The molecule has 0 fully saturated rings. The molecule has 2 aromatic heterocycles. The minimum Gasteiger partial charge on any atom is -0.345 e. The minimum atomic E-state index is -0.559. The van der Waals surface area contributed by atoms with Gasteiger partial charge < -0.3 is 15.2 Å². The highest BCUT2D eigenvalue weighted by Crippen LogP contribution is 2.30. The number of amides is 2. The van der Waals surface area contributed by atoms with E-state index in [2.05, 4.69) is 25.8 Å². The van der Waals surface area contributed by atoms with Crippen molar-refractivity contribution in [2.45, 2.75) is 18.6 Å². The zero-order valence-corrected chi connectivity index (χ0v) is 20.9. The Bertz CT molecular complexity index is 1420. The highest BCUT2D eigenvalue weighted by molar-refractivity contribution is 7.99. The first kappa shape index (κ1) is 25.0. The molecule has 0 aliphatic rings. The number of hydrogen-bond acceptors (Lipinski definition) is 9. The normalized spacial score (nSPS) is 10.7. The van der Waals surface area contributed by atoms with E-state index in [1.807, 2.05) is 37.3 Å². The lowest BCUT2D eigenvalue weighted by Gasteiger charge is -2.06. The molecule has 0 atom stereocenters. The molecule has 184 valence electrons. The fourth-order valence-corrected chi connectivity index (χ4v) is 4.83. The summed E-state index contributed by atoms with van der Waals surface area (Å²) in [5, 5.41) is 25.6. The van der Waals surface area contributed by atoms with Crippen LogP contribution < -0.4 is 10.6 Å². The van der Waals surface area contributed by atoms with Crippen LogP contribution in [0.25, 0.3) is 11.3 Å². The van der Waals surface area contributed by atoms with Crippen LogP contribution in [0.15, 0.2) is 59.8 Å². The summed E-state index contributed by atoms with van der Waals surface area (Å²) in [6.07, 6.45) is 0. The maximum Gasteiger partial charge on any atom is 0.270 e. The molecule has 36 heavy (non-hydrogen) atoms. The Morgan fingerprint density at radius 2 is 1.92 bits per heavy atom. The van der Waals surface area contributed by atoms with Crippen LogP contribution in [0, 0.1) is 17.0 Å². The SMILES string of the molecule is Cc1sc(NC(=O)CSc2nnc(CNC(=O)c3cccc([N+](=O)[O-])c3)n2C)nc1-c1ccccc1. The van der Waals surface area contributed by atoms with E-state index in [0.29, 0.717) is 16.1 Å². The van der Waals surface area contributed by atoms with Crippen molar-refractivity contribution in [2.75, 3.05) is 11.1 Å². The number of aryl methyl sites for hydroxylation is 1. The highest BCUT2D eigenvalue weighted by Gasteiger charge is 2.16. The molecule has 0 unspecified atom stereocenters. The molecule has 0 aliphatic heterocycles. The minimum absolute atomic E-state index is 0.0679. The molecular formula is C23H21N7O4S2. The fourth-order valence-electron chi connectivity index (χ4n) is 3.25. The second-order valence-electron chi connectivity index (χ2n) is 7.57. The molecule has 13 heteroatoms. The third kappa shape index (κ3) is 5.93. The van der Waals surface area contributed by atoms with Crippen LogP contribution in [0.2, 0.25) is 0 Å². The summed E-state index contributed by atoms with van der Waals surface area (Å²) in [4.78, 5) is 40.7. The first-order chi connectivity index (χ1) is 17.3. The van der Waals surface area contributed by atoms with Crippen molar-refractivity contribution in [3.63, 3.8) is 0 Å². The standard InChI is InChI=1S/C23H21N7O4S2/c1-14-20(15-7-4-3-5-8-15)26-22(36-14)25-19(31)13-35-23-28-27-18(29(23)2)12-24-21(32)16-9-6-10-17(11-16)30(33)34/h3-11H,12-13H2,1-2H3,(H,24,32)(H,25,26,31). The number of non-ortho nitro benzene ring substituents is 1. The number of carbonyl (C=O) groups excluding carboxylic acids is 2. The van der Waals surface area contributed by atoms with E-state index in [1.165, 1.54) is 47.4 Å². The Hall–Kier alpha value is -4.10. The van der Waals surface area contributed by atoms with E-state index in [4.69, 9.17) is 0 Å². The number of thiazole rings is 1. The number of nitrogens with zero attached hydrogens (tertiary/aromatic N) is 5. The molecule has 0 bridgehead atoms. The first-order valence-corrected chi connectivity index (χ1v) is 12.5. The van der Waals surface area contributed by atoms with Crippen LogP contribution in [-0.4, -0.2) is 42.2 Å². The Morgan fingerprint density at radius 3 is 2.67 bits per heavy atom. The van der Waals surface area contributed by atoms with Crippen molar-refractivity contribution in [2.24, 2.45) is 7.05 Å². The van der Waals surface area contributed by atoms with Crippen molar-refractivity contribution in [1.82, 2.24) is 25.1 Å². The molecule has 2 N–H and O–H groups in total. The van der Waals surface area contributed by atoms with Gasteiger partial charge >= 0.3 is 0 Å². The number of nitrogens with one attached hydrogen (secondary N) is 2. The molecule has 2 heterocycles. The molecule has 0 saturated carbocycles. The van der Waals surface area contributed by atoms with E-state index in [1.54, 1.807) is 11.6 Å². The van der Waals surface area contributed by atoms with Gasteiger partial charge in [0.15, 0.2) is 16.1 Å². The predicted molar refractivity (Wildman–Crippen MR) is 137 cm³/mol. The monoisotopic (exact) mass is 523 g/mol. The van der Waals surface area contributed by atoms with Crippen LogP contribution >= 0.6 is 23.1 Å². The number of anilines is 1. The summed E-state index contributed by atoms with van der Waals surface area (Å²) in [6, 6.07) is 15.2. The first-order valence-electron chi connectivity index (χ1n) is 10.7. The molecule has 2 aromatic carbocycles. The van der Waals surface area contributed by atoms with E-state index >= 15 is 0 Å². The Labute approximate surface area is 214 Å². The quantitative estimate of drug-likeness (QED) is 0.191. The van der Waals surface area contributed by atoms with Crippen molar-refractivity contribution >= 4 is 45.7 Å². The van der Waals surface area contributed by atoms with E-state index in [9.17, 15) is 19.7 Å². The van der Waals surface area contributed by atoms with Crippen molar-refractivity contribution < 1.29 is 14.5 Å². The van der Waals surface area contributed by atoms with Gasteiger partial charge in [-0.25, -0.2) is 4.98 Å². The Kier molecular flexibility index (Phi) is 7.71. The van der Waals surface area contributed by atoms with Gasteiger partial charge in [-0.15, -0.1) is 21.5 Å². The van der Waals surface area contributed by atoms with E-state index < -0.39 is 10.8 Å². The maximum atomic E-state index is 12.5. The molecule has 2 amide bonds. The molecule has 0 spiro atoms. The number of thioether (sulfide) groups is 1. The average Bonchev–Trinajstić information content (AvgIpc) is 3.42. The molecule has 4 rings (SSSR count). The van der Waals surface area contributed by atoms with Crippen LogP contribution in [0.5, 0.6) is 0 Å². The van der Waals surface area contributed by atoms with E-state index in [0.717, 1.165) is 16.1 Å². The number of benzene rings is 2. The summed E-state index contributed by atoms with van der Waals surface area (Å²) in [5.41, 5.74) is 1.84. The summed E-state index contributed by atoms with van der Waals surface area (Å²) in [6.45, 7) is 2.03. The lowest BCUT2D eigenvalue weighted by atomic mass is 10.1. The number of nitro groups is 1. The summed E-state index contributed by atoms with van der Waals surface area (Å²) in [5.74, 6) is -0.119. The fraction of sp³-hybridized carbons (Fsp3) is 0.174. The molecule has 0 aliphatic carbocycles. The van der Waals surface area contributed by atoms with Gasteiger partial charge in [0.1, 0.15) is 0 Å². The largest absolute Gasteiger partial charge is 0.345 e.